The number of hydrogen-bond acceptors (Lipinski definition) is 6. The van der Waals surface area contributed by atoms with Crippen molar-refractivity contribution in [1.29, 1.82) is 0 Å². The first-order valence-electron chi connectivity index (χ1n) is 11.1. The van der Waals surface area contributed by atoms with Crippen LogP contribution >= 0.6 is 0 Å². The predicted molar refractivity (Wildman–Crippen MR) is 117 cm³/mol. The molecule has 0 radical (unpaired) electrons. The average Bonchev–Trinajstić information content (AvgIpc) is 2.76. The van der Waals surface area contributed by atoms with E-state index in [-0.39, 0.29) is 23.5 Å². The maximum Gasteiger partial charge on any atom is 0.408 e. The summed E-state index contributed by atoms with van der Waals surface area (Å²) in [6.07, 6.45) is 0.754. The normalized spacial score (nSPS) is 18.7. The van der Waals surface area contributed by atoms with E-state index in [0.29, 0.717) is 57.8 Å². The number of benzene rings is 1. The molecule has 1 atom stereocenters. The summed E-state index contributed by atoms with van der Waals surface area (Å²) in [6.45, 7) is 7.95. The molecule has 2 aliphatic heterocycles. The van der Waals surface area contributed by atoms with Crippen LogP contribution in [0.15, 0.2) is 24.3 Å². The molecule has 2 heterocycles. The molecule has 0 saturated carbocycles. The molecule has 32 heavy (non-hydrogen) atoms. The highest BCUT2D eigenvalue weighted by Crippen LogP contribution is 2.22. The van der Waals surface area contributed by atoms with E-state index in [4.69, 9.17) is 9.47 Å². The second kappa shape index (κ2) is 10.2. The van der Waals surface area contributed by atoms with Crippen LogP contribution in [0.2, 0.25) is 0 Å². The number of phenols is 1. The van der Waals surface area contributed by atoms with Gasteiger partial charge in [-0.1, -0.05) is 6.07 Å². The van der Waals surface area contributed by atoms with Crippen molar-refractivity contribution in [1.82, 2.24) is 15.1 Å². The van der Waals surface area contributed by atoms with Crippen LogP contribution in [0, 0.1) is 5.92 Å². The van der Waals surface area contributed by atoms with Gasteiger partial charge in [-0.05, 0) is 57.7 Å². The number of rotatable bonds is 4. The van der Waals surface area contributed by atoms with Gasteiger partial charge in [-0.25, -0.2) is 4.79 Å². The first-order valence-corrected chi connectivity index (χ1v) is 11.1. The molecule has 1 aromatic carbocycles. The monoisotopic (exact) mass is 447 g/mol. The number of alkyl carbamates (subject to hydrolysis) is 1. The minimum Gasteiger partial charge on any atom is -0.508 e. The van der Waals surface area contributed by atoms with E-state index in [0.717, 1.165) is 0 Å². The average molecular weight is 448 g/mol. The van der Waals surface area contributed by atoms with Crippen molar-refractivity contribution in [2.45, 2.75) is 45.3 Å². The van der Waals surface area contributed by atoms with Gasteiger partial charge in [0.25, 0.3) is 5.91 Å². The molecule has 9 heteroatoms. The highest BCUT2D eigenvalue weighted by molar-refractivity contribution is 5.95. The molecule has 0 aromatic heterocycles. The van der Waals surface area contributed by atoms with Gasteiger partial charge in [-0.2, -0.15) is 0 Å². The van der Waals surface area contributed by atoms with Crippen molar-refractivity contribution in [3.8, 4) is 5.75 Å². The molecule has 2 saturated heterocycles. The summed E-state index contributed by atoms with van der Waals surface area (Å²) in [6, 6.07) is 5.55. The third-order valence-corrected chi connectivity index (χ3v) is 5.65. The van der Waals surface area contributed by atoms with Crippen LogP contribution in [0.25, 0.3) is 0 Å². The van der Waals surface area contributed by atoms with Gasteiger partial charge >= 0.3 is 6.09 Å². The van der Waals surface area contributed by atoms with Crippen molar-refractivity contribution in [3.63, 3.8) is 0 Å². The fraction of sp³-hybridized carbons (Fsp3) is 0.609. The van der Waals surface area contributed by atoms with Gasteiger partial charge < -0.3 is 29.7 Å². The molecule has 1 aromatic rings. The lowest BCUT2D eigenvalue weighted by atomic mass is 9.90. The summed E-state index contributed by atoms with van der Waals surface area (Å²) in [4.78, 5) is 41.9. The molecule has 9 nitrogen and oxygen atoms in total. The molecule has 2 N–H and O–H groups in total. The molecule has 0 aliphatic carbocycles. The lowest BCUT2D eigenvalue weighted by Crippen LogP contribution is -2.58. The largest absolute Gasteiger partial charge is 0.508 e. The van der Waals surface area contributed by atoms with E-state index in [9.17, 15) is 19.5 Å². The van der Waals surface area contributed by atoms with Crippen molar-refractivity contribution in [2.24, 2.45) is 5.92 Å². The molecule has 0 bridgehead atoms. The van der Waals surface area contributed by atoms with Crippen LogP contribution in [0.3, 0.4) is 0 Å². The lowest BCUT2D eigenvalue weighted by molar-refractivity contribution is -0.137. The van der Waals surface area contributed by atoms with Crippen molar-refractivity contribution < 1.29 is 29.0 Å². The summed E-state index contributed by atoms with van der Waals surface area (Å²) in [5.41, 5.74) is -0.248. The van der Waals surface area contributed by atoms with E-state index in [1.165, 1.54) is 12.1 Å². The number of nitrogens with one attached hydrogen (secondary N) is 1. The van der Waals surface area contributed by atoms with Crippen molar-refractivity contribution >= 4 is 17.9 Å². The van der Waals surface area contributed by atoms with E-state index in [1.807, 2.05) is 0 Å². The Kier molecular flexibility index (Phi) is 7.60. The van der Waals surface area contributed by atoms with Gasteiger partial charge in [0.05, 0.1) is 0 Å². The van der Waals surface area contributed by atoms with Crippen LogP contribution in [-0.2, 0) is 14.3 Å². The molecule has 2 aliphatic rings. The number of ether oxygens (including phenoxy) is 2. The molecule has 3 rings (SSSR count). The van der Waals surface area contributed by atoms with Gasteiger partial charge in [0.15, 0.2) is 0 Å². The third kappa shape index (κ3) is 6.35. The SMILES string of the molecule is CC(C)(C)OC(=O)N[C@@H](C(=O)N1CCN(C(=O)c2cccc(O)c2)CC1)C1CCOCC1. The predicted octanol–water partition coefficient (Wildman–Crippen LogP) is 2.00. The van der Waals surface area contributed by atoms with E-state index in [2.05, 4.69) is 5.32 Å². The van der Waals surface area contributed by atoms with Crippen molar-refractivity contribution in [2.75, 3.05) is 39.4 Å². The summed E-state index contributed by atoms with van der Waals surface area (Å²) in [7, 11) is 0. The van der Waals surface area contributed by atoms with Crippen molar-refractivity contribution in [3.05, 3.63) is 29.8 Å². The third-order valence-electron chi connectivity index (χ3n) is 5.65. The first-order chi connectivity index (χ1) is 15.1. The van der Waals surface area contributed by atoms with Gasteiger partial charge in [-0.15, -0.1) is 0 Å². The first kappa shape index (κ1) is 23.8. The Bertz CT molecular complexity index is 823. The fourth-order valence-corrected chi connectivity index (χ4v) is 4.01. The molecular weight excluding hydrogens is 414 g/mol. The van der Waals surface area contributed by atoms with Crippen LogP contribution in [0.4, 0.5) is 4.79 Å². The maximum atomic E-state index is 13.4. The molecule has 2 fully saturated rings. The Hall–Kier alpha value is -2.81. The van der Waals surface area contributed by atoms with Crippen LogP contribution < -0.4 is 5.32 Å². The number of piperazine rings is 1. The number of carbonyl (C=O) groups is 3. The van der Waals surface area contributed by atoms with E-state index >= 15 is 0 Å². The Labute approximate surface area is 188 Å². The number of carbonyl (C=O) groups excluding carboxylic acids is 3. The van der Waals surface area contributed by atoms with Gasteiger partial charge in [0.1, 0.15) is 17.4 Å². The minimum absolute atomic E-state index is 0.0317. The molecule has 3 amide bonds. The Morgan fingerprint density at radius 1 is 1.09 bits per heavy atom. The van der Waals surface area contributed by atoms with E-state index < -0.39 is 17.7 Å². The molecule has 0 unspecified atom stereocenters. The summed E-state index contributed by atoms with van der Waals surface area (Å²) >= 11 is 0. The Balaban J connectivity index is 1.63. The second-order valence-electron chi connectivity index (χ2n) is 9.24. The number of nitrogens with zero attached hydrogens (tertiary/aromatic N) is 2. The van der Waals surface area contributed by atoms with Gasteiger partial charge in [0, 0.05) is 45.0 Å². The number of hydrogen-bond donors (Lipinski definition) is 2. The topological polar surface area (TPSA) is 108 Å². The molecular formula is C23H33N3O6. The van der Waals surface area contributed by atoms with Gasteiger partial charge in [-0.3, -0.25) is 9.59 Å². The zero-order valence-corrected chi connectivity index (χ0v) is 19.0. The number of aromatic hydroxyl groups is 1. The number of phenolic OH excluding ortho intramolecular Hbond substituents is 1. The molecule has 176 valence electrons. The summed E-state index contributed by atoms with van der Waals surface area (Å²) in [5.74, 6) is -0.332. The summed E-state index contributed by atoms with van der Waals surface area (Å²) < 4.78 is 10.8. The van der Waals surface area contributed by atoms with Crippen LogP contribution in [-0.4, -0.2) is 83.8 Å². The second-order valence-corrected chi connectivity index (χ2v) is 9.24. The Morgan fingerprint density at radius 2 is 1.72 bits per heavy atom. The zero-order valence-electron chi connectivity index (χ0n) is 19.0. The van der Waals surface area contributed by atoms with Gasteiger partial charge in [0.2, 0.25) is 5.91 Å². The molecule has 0 spiro atoms. The highest BCUT2D eigenvalue weighted by atomic mass is 16.6. The van der Waals surface area contributed by atoms with Crippen LogP contribution in [0.1, 0.15) is 44.0 Å². The minimum atomic E-state index is -0.693. The number of amides is 3. The van der Waals surface area contributed by atoms with E-state index in [1.54, 1.807) is 42.7 Å². The summed E-state index contributed by atoms with van der Waals surface area (Å²) in [5, 5.41) is 12.4. The lowest BCUT2D eigenvalue weighted by Gasteiger charge is -2.39. The quantitative estimate of drug-likeness (QED) is 0.731. The van der Waals surface area contributed by atoms with Crippen LogP contribution in [0.5, 0.6) is 5.75 Å². The fourth-order valence-electron chi connectivity index (χ4n) is 4.01. The highest BCUT2D eigenvalue weighted by Gasteiger charge is 2.36. The smallest absolute Gasteiger partial charge is 0.408 e. The Morgan fingerprint density at radius 3 is 2.31 bits per heavy atom. The maximum absolute atomic E-state index is 13.4. The zero-order chi connectivity index (χ0) is 23.3. The standard InChI is InChI=1S/C23H33N3O6/c1-23(2,3)32-22(30)24-19(16-7-13-31-14-8-16)21(29)26-11-9-25(10-12-26)20(28)17-5-4-6-18(27)15-17/h4-6,15-16,19,27H,7-14H2,1-3H3,(H,24,30)/t19-/m1/s1.